The van der Waals surface area contributed by atoms with Crippen LogP contribution in [0.15, 0.2) is 53.7 Å². The molecule has 0 spiro atoms. The summed E-state index contributed by atoms with van der Waals surface area (Å²) in [4.78, 5) is 16.2. The Hall–Kier alpha value is -3.08. The average Bonchev–Trinajstić information content (AvgIpc) is 3.32. The number of aromatic hydroxyl groups is 1. The van der Waals surface area contributed by atoms with Gasteiger partial charge in [-0.25, -0.2) is 18.2 Å². The minimum absolute atomic E-state index is 0.0377. The van der Waals surface area contributed by atoms with E-state index in [9.17, 15) is 23.4 Å². The Bertz CT molecular complexity index is 1460. The first-order chi connectivity index (χ1) is 15.1. The van der Waals surface area contributed by atoms with Crippen molar-refractivity contribution in [3.63, 3.8) is 0 Å². The molecule has 2 N–H and O–H groups in total. The SMILES string of the molecule is C[C@@H](Oc1cc(-n2cnc3ccc(S(C)(=O)=O)cc32)sc1C(=O)O)c1cccc(O)c1Cl. The van der Waals surface area contributed by atoms with Gasteiger partial charge in [0.15, 0.2) is 14.7 Å². The fourth-order valence-corrected chi connectivity index (χ4v) is 5.05. The molecule has 8 nitrogen and oxygen atoms in total. The highest BCUT2D eigenvalue weighted by Gasteiger charge is 2.23. The van der Waals surface area contributed by atoms with E-state index in [2.05, 4.69) is 4.98 Å². The molecule has 0 radical (unpaired) electrons. The number of carbonyl (C=O) groups is 1. The van der Waals surface area contributed by atoms with Gasteiger partial charge in [0.05, 0.1) is 21.0 Å². The van der Waals surface area contributed by atoms with E-state index in [1.807, 2.05) is 0 Å². The summed E-state index contributed by atoms with van der Waals surface area (Å²) in [5.41, 5.74) is 1.58. The number of carboxylic acids is 1. The van der Waals surface area contributed by atoms with Crippen LogP contribution in [0.3, 0.4) is 0 Å². The second-order valence-electron chi connectivity index (χ2n) is 7.06. The van der Waals surface area contributed by atoms with Crippen molar-refractivity contribution in [2.75, 3.05) is 6.26 Å². The van der Waals surface area contributed by atoms with E-state index < -0.39 is 21.9 Å². The van der Waals surface area contributed by atoms with Gasteiger partial charge in [-0.2, -0.15) is 0 Å². The monoisotopic (exact) mass is 492 g/mol. The molecule has 0 amide bonds. The summed E-state index contributed by atoms with van der Waals surface area (Å²) in [5, 5.41) is 20.1. The van der Waals surface area contributed by atoms with E-state index in [-0.39, 0.29) is 26.3 Å². The molecule has 4 aromatic rings. The number of sulfone groups is 1. The zero-order valence-corrected chi connectivity index (χ0v) is 19.2. The summed E-state index contributed by atoms with van der Waals surface area (Å²) in [6.45, 7) is 1.69. The molecule has 2 heterocycles. The average molecular weight is 493 g/mol. The van der Waals surface area contributed by atoms with Crippen molar-refractivity contribution in [1.82, 2.24) is 9.55 Å². The number of hydrogen-bond donors (Lipinski definition) is 2. The van der Waals surface area contributed by atoms with E-state index in [1.165, 1.54) is 24.5 Å². The standard InChI is InChI=1S/C21H17ClN2O6S2/c1-11(13-4-3-5-16(25)19(13)22)30-17-9-18(31-20(17)21(26)27)24-10-23-14-7-6-12(8-15(14)24)32(2,28)29/h3-11,25H,1-2H3,(H,26,27)/t11-/m1/s1. The van der Waals surface area contributed by atoms with Crippen LogP contribution in [-0.2, 0) is 9.84 Å². The molecule has 0 aliphatic rings. The number of carboxylic acid groups (broad SMARTS) is 1. The van der Waals surface area contributed by atoms with Crippen LogP contribution in [0.4, 0.5) is 0 Å². The van der Waals surface area contributed by atoms with Gasteiger partial charge in [-0.05, 0) is 31.2 Å². The summed E-state index contributed by atoms with van der Waals surface area (Å²) in [5.74, 6) is -1.16. The van der Waals surface area contributed by atoms with Crippen LogP contribution in [0.25, 0.3) is 16.0 Å². The third-order valence-electron chi connectivity index (χ3n) is 4.81. The number of hydrogen-bond acceptors (Lipinski definition) is 7. The molecule has 1 atom stereocenters. The number of aromatic carboxylic acids is 1. The Morgan fingerprint density at radius 2 is 2.00 bits per heavy atom. The summed E-state index contributed by atoms with van der Waals surface area (Å²) in [6.07, 6.45) is 1.96. The summed E-state index contributed by atoms with van der Waals surface area (Å²) < 4.78 is 31.4. The number of nitrogens with zero attached hydrogens (tertiary/aromatic N) is 2. The van der Waals surface area contributed by atoms with Crippen molar-refractivity contribution < 1.29 is 28.2 Å². The first kappa shape index (κ1) is 22.1. The van der Waals surface area contributed by atoms with Gasteiger partial charge in [0, 0.05) is 17.9 Å². The number of ether oxygens (including phenoxy) is 1. The molecule has 0 aliphatic carbocycles. The quantitative estimate of drug-likeness (QED) is 0.400. The number of benzene rings is 2. The number of phenols is 1. The lowest BCUT2D eigenvalue weighted by atomic mass is 10.1. The van der Waals surface area contributed by atoms with Crippen molar-refractivity contribution in [1.29, 1.82) is 0 Å². The molecular weight excluding hydrogens is 476 g/mol. The summed E-state index contributed by atoms with van der Waals surface area (Å²) in [7, 11) is -3.43. The Balaban J connectivity index is 1.77. The number of thiophene rings is 1. The molecular formula is C21H17ClN2O6S2. The minimum Gasteiger partial charge on any atom is -0.506 e. The fourth-order valence-electron chi connectivity index (χ4n) is 3.22. The normalized spacial score (nSPS) is 12.7. The van der Waals surface area contributed by atoms with E-state index in [0.717, 1.165) is 17.6 Å². The first-order valence-electron chi connectivity index (χ1n) is 9.25. The maximum absolute atomic E-state index is 11.9. The number of imidazole rings is 1. The van der Waals surface area contributed by atoms with Crippen LogP contribution in [-0.4, -0.2) is 40.4 Å². The zero-order chi connectivity index (χ0) is 23.2. The Kier molecular flexibility index (Phi) is 5.61. The number of rotatable bonds is 6. The highest BCUT2D eigenvalue weighted by molar-refractivity contribution is 7.90. The number of phenolic OH excluding ortho intramolecular Hbond substituents is 1. The molecule has 2 aromatic heterocycles. The van der Waals surface area contributed by atoms with E-state index in [1.54, 1.807) is 35.8 Å². The molecule has 166 valence electrons. The third-order valence-corrected chi connectivity index (χ3v) is 7.44. The van der Waals surface area contributed by atoms with Crippen molar-refractivity contribution in [3.8, 4) is 16.5 Å². The Morgan fingerprint density at radius 1 is 1.25 bits per heavy atom. The van der Waals surface area contributed by atoms with Gasteiger partial charge in [-0.15, -0.1) is 11.3 Å². The Morgan fingerprint density at radius 3 is 2.69 bits per heavy atom. The van der Waals surface area contributed by atoms with Gasteiger partial charge in [0.2, 0.25) is 0 Å². The van der Waals surface area contributed by atoms with E-state index >= 15 is 0 Å². The molecule has 11 heteroatoms. The maximum atomic E-state index is 11.9. The highest BCUT2D eigenvalue weighted by Crippen LogP contribution is 2.38. The van der Waals surface area contributed by atoms with Crippen LogP contribution in [0.5, 0.6) is 11.5 Å². The van der Waals surface area contributed by atoms with E-state index in [4.69, 9.17) is 16.3 Å². The van der Waals surface area contributed by atoms with Gasteiger partial charge in [-0.1, -0.05) is 23.7 Å². The van der Waals surface area contributed by atoms with Crippen LogP contribution >= 0.6 is 22.9 Å². The van der Waals surface area contributed by atoms with Gasteiger partial charge in [-0.3, -0.25) is 4.57 Å². The first-order valence-corrected chi connectivity index (χ1v) is 12.3. The van der Waals surface area contributed by atoms with Gasteiger partial charge < -0.3 is 14.9 Å². The van der Waals surface area contributed by atoms with Crippen molar-refractivity contribution in [2.45, 2.75) is 17.9 Å². The largest absolute Gasteiger partial charge is 0.506 e. The maximum Gasteiger partial charge on any atom is 0.349 e. The predicted molar refractivity (Wildman–Crippen MR) is 121 cm³/mol. The van der Waals surface area contributed by atoms with Crippen LogP contribution in [0, 0.1) is 0 Å². The number of fused-ring (bicyclic) bond motifs is 1. The number of aromatic nitrogens is 2. The van der Waals surface area contributed by atoms with Gasteiger partial charge in [0.1, 0.15) is 28.9 Å². The molecule has 32 heavy (non-hydrogen) atoms. The van der Waals surface area contributed by atoms with Crippen molar-refractivity contribution in [2.24, 2.45) is 0 Å². The zero-order valence-electron chi connectivity index (χ0n) is 16.8. The lowest BCUT2D eigenvalue weighted by Crippen LogP contribution is -2.06. The van der Waals surface area contributed by atoms with Crippen molar-refractivity contribution in [3.05, 3.63) is 64.3 Å². The molecule has 0 saturated heterocycles. The van der Waals surface area contributed by atoms with Crippen LogP contribution < -0.4 is 4.74 Å². The topological polar surface area (TPSA) is 119 Å². The molecule has 0 saturated carbocycles. The predicted octanol–water partition coefficient (Wildman–Crippen LogP) is 4.69. The molecule has 0 fully saturated rings. The molecule has 0 aliphatic heterocycles. The number of halogens is 1. The van der Waals surface area contributed by atoms with Crippen LogP contribution in [0.2, 0.25) is 5.02 Å². The minimum atomic E-state index is -3.43. The molecule has 2 aromatic carbocycles. The second kappa shape index (κ2) is 8.12. The third kappa shape index (κ3) is 4.04. The second-order valence-corrected chi connectivity index (χ2v) is 10.5. The van der Waals surface area contributed by atoms with Gasteiger partial charge >= 0.3 is 5.97 Å². The van der Waals surface area contributed by atoms with E-state index in [0.29, 0.717) is 21.6 Å². The highest BCUT2D eigenvalue weighted by atomic mass is 35.5. The molecule has 4 rings (SSSR count). The van der Waals surface area contributed by atoms with Crippen molar-refractivity contribution >= 4 is 49.8 Å². The summed E-state index contributed by atoms with van der Waals surface area (Å²) >= 11 is 7.12. The molecule has 0 unspecified atom stereocenters. The lowest BCUT2D eigenvalue weighted by molar-refractivity contribution is 0.0695. The fraction of sp³-hybridized carbons (Fsp3) is 0.143. The lowest BCUT2D eigenvalue weighted by Gasteiger charge is -2.16. The Labute approximate surface area is 192 Å². The summed E-state index contributed by atoms with van der Waals surface area (Å²) in [6, 6.07) is 10.8. The van der Waals surface area contributed by atoms with Crippen LogP contribution in [0.1, 0.15) is 28.3 Å². The molecule has 0 bridgehead atoms. The van der Waals surface area contributed by atoms with Gasteiger partial charge in [0.25, 0.3) is 0 Å². The smallest absolute Gasteiger partial charge is 0.349 e.